The molecule has 5 aromatic rings. The number of fused-ring (bicyclic) bond motifs is 1. The highest BCUT2D eigenvalue weighted by Gasteiger charge is 2.20. The molecule has 1 N–H and O–H groups in total. The Balaban J connectivity index is 1.50. The zero-order valence-corrected chi connectivity index (χ0v) is 27.6. The van der Waals surface area contributed by atoms with Crippen LogP contribution < -0.4 is 9.46 Å². The number of benzene rings is 4. The van der Waals surface area contributed by atoms with Gasteiger partial charge in [0, 0.05) is 33.2 Å². The average molecular weight is 648 g/mol. The van der Waals surface area contributed by atoms with Gasteiger partial charge in [-0.1, -0.05) is 91.9 Å². The Morgan fingerprint density at radius 1 is 0.909 bits per heavy atom. The average Bonchev–Trinajstić information content (AvgIpc) is 3.29. The molecule has 5 rings (SSSR count). The molecule has 0 saturated carbocycles. The second-order valence-electron chi connectivity index (χ2n) is 11.7. The number of nitrogens with zero attached hydrogens (tertiary/aromatic N) is 2. The van der Waals surface area contributed by atoms with Crippen LogP contribution in [0.15, 0.2) is 95.9 Å². The van der Waals surface area contributed by atoms with Crippen LogP contribution in [0, 0.1) is 0 Å². The molecule has 0 radical (unpaired) electrons. The van der Waals surface area contributed by atoms with Crippen molar-refractivity contribution in [2.24, 2.45) is 0 Å². The number of nitrogens with one attached hydrogen (secondary N) is 1. The van der Waals surface area contributed by atoms with Crippen molar-refractivity contribution in [3.63, 3.8) is 0 Å². The number of aromatic nitrogens is 2. The van der Waals surface area contributed by atoms with Crippen LogP contribution in [-0.2, 0) is 26.3 Å². The van der Waals surface area contributed by atoms with E-state index in [0.717, 1.165) is 35.2 Å². The lowest BCUT2D eigenvalue weighted by Gasteiger charge is -2.16. The summed E-state index contributed by atoms with van der Waals surface area (Å²) in [5.74, 6) is -0.450. The van der Waals surface area contributed by atoms with Gasteiger partial charge in [0.2, 0.25) is 5.91 Å². The molecule has 0 aliphatic rings. The van der Waals surface area contributed by atoms with Crippen LogP contribution in [0.1, 0.15) is 6.92 Å². The van der Waals surface area contributed by atoms with E-state index >= 15 is 0 Å². The highest BCUT2D eigenvalue weighted by atomic mass is 35.5. The van der Waals surface area contributed by atoms with Crippen molar-refractivity contribution < 1.29 is 22.7 Å². The van der Waals surface area contributed by atoms with E-state index in [4.69, 9.17) is 26.1 Å². The Morgan fingerprint density at radius 3 is 2.27 bits per heavy atom. The fourth-order valence-corrected chi connectivity index (χ4v) is 6.66. The number of sulfonamides is 1. The predicted molar refractivity (Wildman–Crippen MR) is 177 cm³/mol. The number of halogens is 1. The summed E-state index contributed by atoms with van der Waals surface area (Å²) < 4.78 is 41.1. The first kappa shape index (κ1) is 31.5. The second-order valence-corrected chi connectivity index (χ2v) is 19.4. The Labute approximate surface area is 263 Å². The number of carbonyl (C=O) groups excluding carboxylic acids is 1. The van der Waals surface area contributed by atoms with E-state index in [9.17, 15) is 13.2 Å². The van der Waals surface area contributed by atoms with Crippen LogP contribution in [0.3, 0.4) is 0 Å². The van der Waals surface area contributed by atoms with Gasteiger partial charge in [-0.3, -0.25) is 9.36 Å². The maximum absolute atomic E-state index is 12.6. The second kappa shape index (κ2) is 13.0. The van der Waals surface area contributed by atoms with E-state index in [1.54, 1.807) is 10.6 Å². The van der Waals surface area contributed by atoms with Crippen LogP contribution in [0.4, 0.5) is 0 Å². The molecule has 228 valence electrons. The Morgan fingerprint density at radius 2 is 1.59 bits per heavy atom. The quantitative estimate of drug-likeness (QED) is 0.115. The van der Waals surface area contributed by atoms with E-state index in [0.29, 0.717) is 22.7 Å². The summed E-state index contributed by atoms with van der Waals surface area (Å²) in [6, 6.07) is 29.2. The van der Waals surface area contributed by atoms with Gasteiger partial charge in [0.15, 0.2) is 0 Å². The molecule has 0 fully saturated rings. The molecule has 1 amide bonds. The summed E-state index contributed by atoms with van der Waals surface area (Å²) in [5.41, 5.74) is 5.34. The molecular weight excluding hydrogens is 614 g/mol. The van der Waals surface area contributed by atoms with Crippen molar-refractivity contribution >= 4 is 46.6 Å². The maximum Gasteiger partial charge on any atom is 0.304 e. The third-order valence-corrected chi connectivity index (χ3v) is 10.4. The van der Waals surface area contributed by atoms with E-state index in [-0.39, 0.29) is 23.4 Å². The van der Waals surface area contributed by atoms with Gasteiger partial charge in [0.25, 0.3) is 10.0 Å². The summed E-state index contributed by atoms with van der Waals surface area (Å²) in [4.78, 5) is 16.1. The van der Waals surface area contributed by atoms with Crippen molar-refractivity contribution in [3.05, 3.63) is 96.0 Å². The van der Waals surface area contributed by atoms with Gasteiger partial charge in [-0.15, -0.1) is 0 Å². The Kier molecular flexibility index (Phi) is 9.26. The first-order valence-corrected chi connectivity index (χ1v) is 19.7. The molecule has 8 nitrogen and oxygen atoms in total. The lowest BCUT2D eigenvalue weighted by Crippen LogP contribution is -2.28. The molecule has 0 aliphatic carbocycles. The normalized spacial score (nSPS) is 11.9. The van der Waals surface area contributed by atoms with Gasteiger partial charge in [-0.25, -0.2) is 13.1 Å². The molecule has 1 aromatic heterocycles. The van der Waals surface area contributed by atoms with Gasteiger partial charge in [0.05, 0.1) is 21.0 Å². The minimum absolute atomic E-state index is 0.108. The molecule has 11 heteroatoms. The smallest absolute Gasteiger partial charge is 0.304 e. The van der Waals surface area contributed by atoms with Gasteiger partial charge >= 0.3 is 6.01 Å². The van der Waals surface area contributed by atoms with E-state index in [1.165, 1.54) is 18.2 Å². The molecule has 1 heterocycles. The summed E-state index contributed by atoms with van der Waals surface area (Å²) in [6.07, 6.45) is 0. The highest BCUT2D eigenvalue weighted by molar-refractivity contribution is 7.90. The molecule has 0 spiro atoms. The Hall–Kier alpha value is -3.96. The lowest BCUT2D eigenvalue weighted by molar-refractivity contribution is -0.117. The number of rotatable bonds is 11. The van der Waals surface area contributed by atoms with Crippen molar-refractivity contribution in [2.45, 2.75) is 44.2 Å². The lowest BCUT2D eigenvalue weighted by atomic mass is 10.00. The van der Waals surface area contributed by atoms with Crippen LogP contribution in [0.2, 0.25) is 30.7 Å². The van der Waals surface area contributed by atoms with E-state index in [2.05, 4.69) is 43.9 Å². The summed E-state index contributed by atoms with van der Waals surface area (Å²) in [7, 11) is -5.36. The standard InChI is InChI=1S/C33H34ClN3O5SSi/c1-23(38)36-43(39,40)28-12-8-11-27(19-28)42-33-35-31-20-29(26-15-13-25(14-16-26)24-9-6-5-7-10-24)30(34)21-32(31)37(33)22-41-17-18-44(2,3)4/h5-16,19-21H,17-18,22H2,1-4H3,(H,36,38). The SMILES string of the molecule is CC(=O)NS(=O)(=O)c1cccc(Oc2nc3cc(-c4ccc(-c5ccccc5)cc4)c(Cl)cc3n2COCC[Si](C)(C)C)c1. The summed E-state index contributed by atoms with van der Waals surface area (Å²) in [6.45, 7) is 8.74. The number of amides is 1. The van der Waals surface area contributed by atoms with Gasteiger partial charge < -0.3 is 9.47 Å². The molecular formula is C33H34ClN3O5SSi. The van der Waals surface area contributed by atoms with Crippen molar-refractivity contribution in [3.8, 4) is 34.0 Å². The Bertz CT molecular complexity index is 1900. The third-order valence-electron chi connectivity index (χ3n) is 6.92. The zero-order valence-electron chi connectivity index (χ0n) is 25.0. The summed E-state index contributed by atoms with van der Waals surface area (Å²) in [5, 5.41) is 0.545. The molecule has 0 unspecified atom stereocenters. The molecule has 0 atom stereocenters. The van der Waals surface area contributed by atoms with Crippen LogP contribution in [0.5, 0.6) is 11.8 Å². The van der Waals surface area contributed by atoms with Crippen molar-refractivity contribution in [1.29, 1.82) is 0 Å². The minimum Gasteiger partial charge on any atom is -0.425 e. The number of carbonyl (C=O) groups is 1. The fourth-order valence-electron chi connectivity index (χ4n) is 4.61. The zero-order chi connectivity index (χ0) is 31.5. The monoisotopic (exact) mass is 647 g/mol. The molecule has 0 bridgehead atoms. The third kappa shape index (κ3) is 7.57. The number of hydrogen-bond acceptors (Lipinski definition) is 6. The van der Waals surface area contributed by atoms with Gasteiger partial charge in [-0.2, -0.15) is 4.98 Å². The molecule has 0 aliphatic heterocycles. The summed E-state index contributed by atoms with van der Waals surface area (Å²) >= 11 is 6.85. The first-order chi connectivity index (χ1) is 20.9. The van der Waals surface area contributed by atoms with Crippen LogP contribution >= 0.6 is 11.6 Å². The molecule has 44 heavy (non-hydrogen) atoms. The number of hydrogen-bond donors (Lipinski definition) is 1. The predicted octanol–water partition coefficient (Wildman–Crippen LogP) is 7.95. The van der Waals surface area contributed by atoms with Crippen molar-refractivity contribution in [1.82, 2.24) is 14.3 Å². The maximum atomic E-state index is 12.6. The molecule has 0 saturated heterocycles. The van der Waals surface area contributed by atoms with Gasteiger partial charge in [-0.05, 0) is 47.0 Å². The minimum atomic E-state index is -4.05. The van der Waals surface area contributed by atoms with Crippen LogP contribution in [-0.4, -0.2) is 38.6 Å². The van der Waals surface area contributed by atoms with Crippen LogP contribution in [0.25, 0.3) is 33.3 Å². The highest BCUT2D eigenvalue weighted by Crippen LogP contribution is 2.36. The van der Waals surface area contributed by atoms with E-state index < -0.39 is 24.0 Å². The van der Waals surface area contributed by atoms with E-state index in [1.807, 2.05) is 47.2 Å². The largest absolute Gasteiger partial charge is 0.425 e. The topological polar surface area (TPSA) is 99.5 Å². The number of ether oxygens (including phenoxy) is 2. The van der Waals surface area contributed by atoms with Crippen molar-refractivity contribution in [2.75, 3.05) is 6.61 Å². The first-order valence-electron chi connectivity index (χ1n) is 14.1. The van der Waals surface area contributed by atoms with Gasteiger partial charge in [0.1, 0.15) is 12.5 Å². The fraction of sp³-hybridized carbons (Fsp3) is 0.212. The molecule has 4 aromatic carbocycles. The number of imidazole rings is 1.